The maximum absolute atomic E-state index is 11.7. The molecule has 0 aromatic heterocycles. The number of nitrogens with two attached hydrogens (primary N) is 1. The van der Waals surface area contributed by atoms with E-state index in [1.54, 1.807) is 6.92 Å². The summed E-state index contributed by atoms with van der Waals surface area (Å²) in [6.07, 6.45) is -0.448. The zero-order valence-corrected chi connectivity index (χ0v) is 9.69. The van der Waals surface area contributed by atoms with Crippen molar-refractivity contribution in [2.24, 2.45) is 5.73 Å². The molecule has 1 atom stereocenters. The second kappa shape index (κ2) is 6.25. The van der Waals surface area contributed by atoms with Crippen LogP contribution in [0.25, 0.3) is 0 Å². The third-order valence-electron chi connectivity index (χ3n) is 2.28. The Balaban J connectivity index is 2.69. The van der Waals surface area contributed by atoms with E-state index in [4.69, 9.17) is 10.5 Å². The predicted octanol–water partition coefficient (Wildman–Crippen LogP) is 1.51. The Morgan fingerprint density at radius 3 is 2.81 bits per heavy atom. The zero-order valence-electron chi connectivity index (χ0n) is 9.69. The Hall–Kier alpha value is -1.39. The molecule has 1 rings (SSSR count). The molecule has 0 saturated carbocycles. The number of nitrogens with one attached hydrogen (secondary N) is 1. The lowest BCUT2D eigenvalue weighted by Gasteiger charge is -2.14. The third-order valence-corrected chi connectivity index (χ3v) is 2.28. The first-order valence-corrected chi connectivity index (χ1v) is 5.39. The Morgan fingerprint density at radius 2 is 2.19 bits per heavy atom. The van der Waals surface area contributed by atoms with Gasteiger partial charge in [0, 0.05) is 18.8 Å². The molecule has 0 aliphatic carbocycles. The van der Waals surface area contributed by atoms with Crippen LogP contribution < -0.4 is 11.1 Å². The summed E-state index contributed by atoms with van der Waals surface area (Å²) < 4.78 is 5.21. The van der Waals surface area contributed by atoms with Gasteiger partial charge in [0.05, 0.1) is 0 Å². The van der Waals surface area contributed by atoms with E-state index in [2.05, 4.69) is 5.32 Å². The first kappa shape index (κ1) is 12.7. The highest BCUT2D eigenvalue weighted by molar-refractivity contribution is 5.94. The molecule has 16 heavy (non-hydrogen) atoms. The van der Waals surface area contributed by atoms with Crippen molar-refractivity contribution in [3.8, 4) is 0 Å². The number of hydrogen-bond acceptors (Lipinski definition) is 3. The lowest BCUT2D eigenvalue weighted by Crippen LogP contribution is -2.28. The van der Waals surface area contributed by atoms with Crippen LogP contribution in [0.3, 0.4) is 0 Å². The van der Waals surface area contributed by atoms with Gasteiger partial charge in [0.25, 0.3) is 5.91 Å². The Labute approximate surface area is 95.8 Å². The summed E-state index contributed by atoms with van der Waals surface area (Å²) in [5.41, 5.74) is 7.25. The Kier molecular flexibility index (Phi) is 4.95. The van der Waals surface area contributed by atoms with E-state index in [-0.39, 0.29) is 5.91 Å². The minimum Gasteiger partial charge on any atom is -0.369 e. The average molecular weight is 222 g/mol. The van der Waals surface area contributed by atoms with Crippen molar-refractivity contribution in [3.05, 3.63) is 29.8 Å². The van der Waals surface area contributed by atoms with Crippen molar-refractivity contribution in [2.45, 2.75) is 26.5 Å². The van der Waals surface area contributed by atoms with E-state index in [0.29, 0.717) is 13.2 Å². The predicted molar refractivity (Wildman–Crippen MR) is 64.1 cm³/mol. The van der Waals surface area contributed by atoms with Gasteiger partial charge in [-0.05, 0) is 25.5 Å². The van der Waals surface area contributed by atoms with Gasteiger partial charge in [-0.3, -0.25) is 4.79 Å². The smallest absolute Gasteiger partial charge is 0.253 e. The molecule has 0 spiro atoms. The molecule has 0 aliphatic heterocycles. The first-order chi connectivity index (χ1) is 7.69. The van der Waals surface area contributed by atoms with Crippen molar-refractivity contribution < 1.29 is 9.53 Å². The molecule has 0 aliphatic rings. The lowest BCUT2D eigenvalue weighted by atomic mass is 10.1. The molecule has 0 heterocycles. The van der Waals surface area contributed by atoms with Crippen LogP contribution in [0, 0.1) is 0 Å². The van der Waals surface area contributed by atoms with Gasteiger partial charge in [0.2, 0.25) is 0 Å². The number of anilines is 1. The summed E-state index contributed by atoms with van der Waals surface area (Å²) in [5.74, 6) is -0.150. The molecule has 0 radical (unpaired) electrons. The van der Waals surface area contributed by atoms with E-state index in [1.165, 1.54) is 0 Å². The SMILES string of the molecule is CCOC(C)C(=O)Nc1ccccc1CN. The Bertz CT molecular complexity index is 353. The molecule has 88 valence electrons. The molecular formula is C12H18N2O2. The van der Waals surface area contributed by atoms with Gasteiger partial charge in [-0.1, -0.05) is 18.2 Å². The summed E-state index contributed by atoms with van der Waals surface area (Å²) in [6.45, 7) is 4.51. The molecule has 4 nitrogen and oxygen atoms in total. The number of carbonyl (C=O) groups excluding carboxylic acids is 1. The van der Waals surface area contributed by atoms with Gasteiger partial charge in [-0.15, -0.1) is 0 Å². The topological polar surface area (TPSA) is 64.3 Å². The van der Waals surface area contributed by atoms with Crippen LogP contribution >= 0.6 is 0 Å². The van der Waals surface area contributed by atoms with Gasteiger partial charge in [-0.25, -0.2) is 0 Å². The molecular weight excluding hydrogens is 204 g/mol. The standard InChI is InChI=1S/C12H18N2O2/c1-3-16-9(2)12(15)14-11-7-5-4-6-10(11)8-13/h4-7,9H,3,8,13H2,1-2H3,(H,14,15). The van der Waals surface area contributed by atoms with E-state index >= 15 is 0 Å². The van der Waals surface area contributed by atoms with Gasteiger partial charge < -0.3 is 15.8 Å². The van der Waals surface area contributed by atoms with Crippen LogP contribution in [0.5, 0.6) is 0 Å². The number of ether oxygens (including phenoxy) is 1. The molecule has 1 amide bonds. The van der Waals surface area contributed by atoms with Crippen LogP contribution in [0.2, 0.25) is 0 Å². The highest BCUT2D eigenvalue weighted by Crippen LogP contribution is 2.14. The molecule has 1 unspecified atom stereocenters. The summed E-state index contributed by atoms with van der Waals surface area (Å²) >= 11 is 0. The van der Waals surface area contributed by atoms with E-state index in [1.807, 2.05) is 31.2 Å². The van der Waals surface area contributed by atoms with Crippen LogP contribution in [-0.4, -0.2) is 18.6 Å². The van der Waals surface area contributed by atoms with Crippen LogP contribution in [0.4, 0.5) is 5.69 Å². The summed E-state index contributed by atoms with van der Waals surface area (Å²) in [4.78, 5) is 11.7. The van der Waals surface area contributed by atoms with E-state index < -0.39 is 6.10 Å². The molecule has 0 saturated heterocycles. The fourth-order valence-electron chi connectivity index (χ4n) is 1.38. The van der Waals surface area contributed by atoms with E-state index in [0.717, 1.165) is 11.3 Å². The quantitative estimate of drug-likeness (QED) is 0.793. The van der Waals surface area contributed by atoms with Crippen molar-refractivity contribution in [2.75, 3.05) is 11.9 Å². The largest absolute Gasteiger partial charge is 0.369 e. The van der Waals surface area contributed by atoms with Crippen molar-refractivity contribution in [1.29, 1.82) is 0 Å². The molecule has 0 bridgehead atoms. The van der Waals surface area contributed by atoms with Crippen LogP contribution in [0.1, 0.15) is 19.4 Å². The number of amides is 1. The summed E-state index contributed by atoms with van der Waals surface area (Å²) in [6, 6.07) is 7.48. The molecule has 1 aromatic rings. The second-order valence-electron chi connectivity index (χ2n) is 3.45. The van der Waals surface area contributed by atoms with Crippen LogP contribution in [-0.2, 0) is 16.1 Å². The molecule has 4 heteroatoms. The number of para-hydroxylation sites is 1. The number of benzene rings is 1. The molecule has 0 fully saturated rings. The lowest BCUT2D eigenvalue weighted by molar-refractivity contribution is -0.126. The van der Waals surface area contributed by atoms with Gasteiger partial charge in [0.1, 0.15) is 6.10 Å². The summed E-state index contributed by atoms with van der Waals surface area (Å²) in [5, 5.41) is 2.80. The monoisotopic (exact) mass is 222 g/mol. The van der Waals surface area contributed by atoms with Gasteiger partial charge >= 0.3 is 0 Å². The maximum Gasteiger partial charge on any atom is 0.253 e. The highest BCUT2D eigenvalue weighted by Gasteiger charge is 2.13. The Morgan fingerprint density at radius 1 is 1.50 bits per heavy atom. The molecule has 3 N–H and O–H groups in total. The van der Waals surface area contributed by atoms with E-state index in [9.17, 15) is 4.79 Å². The van der Waals surface area contributed by atoms with Crippen LogP contribution in [0.15, 0.2) is 24.3 Å². The summed E-state index contributed by atoms with van der Waals surface area (Å²) in [7, 11) is 0. The highest BCUT2D eigenvalue weighted by atomic mass is 16.5. The average Bonchev–Trinajstić information content (AvgIpc) is 2.30. The molecule has 1 aromatic carbocycles. The number of carbonyl (C=O) groups is 1. The van der Waals surface area contributed by atoms with Crippen molar-refractivity contribution in [3.63, 3.8) is 0 Å². The number of rotatable bonds is 5. The minimum absolute atomic E-state index is 0.150. The zero-order chi connectivity index (χ0) is 12.0. The van der Waals surface area contributed by atoms with Gasteiger partial charge in [-0.2, -0.15) is 0 Å². The maximum atomic E-state index is 11.7. The number of hydrogen-bond donors (Lipinski definition) is 2. The normalized spacial score (nSPS) is 12.2. The van der Waals surface area contributed by atoms with Gasteiger partial charge in [0.15, 0.2) is 0 Å². The third kappa shape index (κ3) is 3.32. The second-order valence-corrected chi connectivity index (χ2v) is 3.45. The fourth-order valence-corrected chi connectivity index (χ4v) is 1.38. The van der Waals surface area contributed by atoms with Crippen molar-refractivity contribution >= 4 is 11.6 Å². The first-order valence-electron chi connectivity index (χ1n) is 5.39. The fraction of sp³-hybridized carbons (Fsp3) is 0.417. The van der Waals surface area contributed by atoms with Crippen molar-refractivity contribution in [1.82, 2.24) is 0 Å². The minimum atomic E-state index is -0.448.